The van der Waals surface area contributed by atoms with E-state index < -0.39 is 47.1 Å². The van der Waals surface area contributed by atoms with Crippen molar-refractivity contribution in [2.45, 2.75) is 38.2 Å². The molecule has 4 rings (SSSR count). The van der Waals surface area contributed by atoms with Crippen molar-refractivity contribution < 1.29 is 34.8 Å². The van der Waals surface area contributed by atoms with Crippen LogP contribution in [0.2, 0.25) is 0 Å². The van der Waals surface area contributed by atoms with Gasteiger partial charge in [0.2, 0.25) is 5.91 Å². The summed E-state index contributed by atoms with van der Waals surface area (Å²) in [6.07, 6.45) is 3.27. The van der Waals surface area contributed by atoms with E-state index in [9.17, 15) is 34.8 Å². The third-order valence-corrected chi connectivity index (χ3v) is 7.20. The Morgan fingerprint density at radius 1 is 1.11 bits per heavy atom. The molecule has 0 fully saturated rings. The first-order valence-electron chi connectivity index (χ1n) is 11.8. The van der Waals surface area contributed by atoms with Gasteiger partial charge in [-0.15, -0.1) is 0 Å². The van der Waals surface area contributed by atoms with Gasteiger partial charge in [-0.2, -0.15) is 0 Å². The maximum absolute atomic E-state index is 13.6. The van der Waals surface area contributed by atoms with Crippen LogP contribution in [0.4, 0.5) is 0 Å². The molecule has 6 N–H and O–H groups in total. The van der Waals surface area contributed by atoms with Gasteiger partial charge in [0.05, 0.1) is 12.0 Å². The molecule has 8 heteroatoms. The van der Waals surface area contributed by atoms with Crippen molar-refractivity contribution in [1.82, 2.24) is 0 Å². The molecule has 0 heterocycles. The average Bonchev–Trinajstić information content (AvgIpc) is 2.82. The minimum atomic E-state index is -2.53. The number of amides is 1. The number of aliphatic hydroxyl groups excluding tert-OH is 2. The molecule has 0 aromatic heterocycles. The van der Waals surface area contributed by atoms with Crippen LogP contribution in [0.5, 0.6) is 5.75 Å². The zero-order valence-electron chi connectivity index (χ0n) is 19.9. The van der Waals surface area contributed by atoms with E-state index in [0.717, 1.165) is 16.7 Å². The third kappa shape index (κ3) is 4.34. The molecule has 2 aliphatic rings. The van der Waals surface area contributed by atoms with Crippen LogP contribution in [0, 0.1) is 18.8 Å². The van der Waals surface area contributed by atoms with Crippen LogP contribution in [-0.4, -0.2) is 50.1 Å². The highest BCUT2D eigenvalue weighted by atomic mass is 16.3. The molecule has 8 nitrogen and oxygen atoms in total. The molecule has 0 aliphatic heterocycles. The van der Waals surface area contributed by atoms with Crippen LogP contribution in [0.3, 0.4) is 0 Å². The van der Waals surface area contributed by atoms with E-state index >= 15 is 0 Å². The summed E-state index contributed by atoms with van der Waals surface area (Å²) in [5, 5.41) is 42.5. The number of fused-ring (bicyclic) bond motifs is 2. The molecule has 0 bridgehead atoms. The highest BCUT2D eigenvalue weighted by Crippen LogP contribution is 2.49. The Balaban J connectivity index is 1.81. The van der Waals surface area contributed by atoms with Crippen molar-refractivity contribution in [3.63, 3.8) is 0 Å². The minimum Gasteiger partial charge on any atom is -0.508 e. The monoisotopic (exact) mass is 491 g/mol. The second-order valence-electron chi connectivity index (χ2n) is 9.54. The number of primary amides is 1. The smallest absolute Gasteiger partial charge is 0.225 e. The second kappa shape index (κ2) is 9.72. The van der Waals surface area contributed by atoms with Gasteiger partial charge in [0.25, 0.3) is 0 Å². The summed E-state index contributed by atoms with van der Waals surface area (Å²) in [5.41, 5.74) is 5.86. The van der Waals surface area contributed by atoms with Gasteiger partial charge in [-0.05, 0) is 54.9 Å². The Labute approximate surface area is 208 Å². The summed E-state index contributed by atoms with van der Waals surface area (Å²) >= 11 is 0. The predicted octanol–water partition coefficient (Wildman–Crippen LogP) is 2.62. The number of nitrogens with two attached hydrogens (primary N) is 1. The third-order valence-electron chi connectivity index (χ3n) is 7.20. The first-order valence-corrected chi connectivity index (χ1v) is 11.8. The average molecular weight is 492 g/mol. The van der Waals surface area contributed by atoms with Crippen LogP contribution < -0.4 is 5.73 Å². The van der Waals surface area contributed by atoms with Gasteiger partial charge in [-0.25, -0.2) is 0 Å². The number of aliphatic hydroxyl groups is 3. The lowest BCUT2D eigenvalue weighted by Crippen LogP contribution is -2.54. The summed E-state index contributed by atoms with van der Waals surface area (Å²) < 4.78 is 0. The van der Waals surface area contributed by atoms with Crippen LogP contribution in [-0.2, 0) is 16.0 Å². The topological polar surface area (TPSA) is 158 Å². The van der Waals surface area contributed by atoms with Gasteiger partial charge in [0.15, 0.2) is 17.2 Å². The first-order chi connectivity index (χ1) is 17.1. The molecular formula is C28H29NO7. The second-order valence-corrected chi connectivity index (χ2v) is 9.54. The SMILES string of the molecule is Cc1ccc(/C=C/c2ccc(O)c3c2C[C@H]2C[C@@H](CCO)[C@@](O)(C(=O)CC(N)=O)C(O)=C2C3=O)cc1. The van der Waals surface area contributed by atoms with E-state index in [1.54, 1.807) is 6.07 Å². The molecule has 188 valence electrons. The number of phenols is 1. The number of aromatic hydroxyl groups is 1. The zero-order chi connectivity index (χ0) is 26.2. The summed E-state index contributed by atoms with van der Waals surface area (Å²) in [6.45, 7) is 1.62. The molecular weight excluding hydrogens is 462 g/mol. The fourth-order valence-corrected chi connectivity index (χ4v) is 5.36. The number of benzene rings is 2. The Morgan fingerprint density at radius 3 is 2.44 bits per heavy atom. The number of allylic oxidation sites excluding steroid dienone is 1. The van der Waals surface area contributed by atoms with E-state index in [2.05, 4.69) is 0 Å². The predicted molar refractivity (Wildman–Crippen MR) is 133 cm³/mol. The van der Waals surface area contributed by atoms with Gasteiger partial charge in [-0.3, -0.25) is 14.4 Å². The zero-order valence-corrected chi connectivity index (χ0v) is 19.9. The number of phenolic OH excluding ortho intramolecular Hbond substituents is 1. The van der Waals surface area contributed by atoms with Crippen molar-refractivity contribution >= 4 is 29.6 Å². The number of carbonyl (C=O) groups excluding carboxylic acids is 3. The fraction of sp³-hybridized carbons (Fsp3) is 0.321. The molecule has 1 amide bonds. The number of hydrogen-bond acceptors (Lipinski definition) is 7. The summed E-state index contributed by atoms with van der Waals surface area (Å²) in [6, 6.07) is 11.0. The maximum atomic E-state index is 13.6. The van der Waals surface area contributed by atoms with Crippen molar-refractivity contribution in [3.8, 4) is 5.75 Å². The number of carbonyl (C=O) groups is 3. The van der Waals surface area contributed by atoms with E-state index in [1.807, 2.05) is 43.3 Å². The Morgan fingerprint density at radius 2 is 1.81 bits per heavy atom. The quantitative estimate of drug-likeness (QED) is 0.294. The Kier molecular flexibility index (Phi) is 6.84. The number of Topliss-reactive ketones (excluding diaryl/α,β-unsaturated/α-hetero) is 2. The van der Waals surface area contributed by atoms with Crippen LogP contribution in [0.25, 0.3) is 12.2 Å². The van der Waals surface area contributed by atoms with E-state index in [-0.39, 0.29) is 42.8 Å². The summed E-state index contributed by atoms with van der Waals surface area (Å²) in [5.74, 6) is -5.30. The van der Waals surface area contributed by atoms with Crippen molar-refractivity contribution in [1.29, 1.82) is 0 Å². The summed E-state index contributed by atoms with van der Waals surface area (Å²) in [4.78, 5) is 37.8. The summed E-state index contributed by atoms with van der Waals surface area (Å²) in [7, 11) is 0. The van der Waals surface area contributed by atoms with Gasteiger partial charge < -0.3 is 26.2 Å². The molecule has 0 unspecified atom stereocenters. The van der Waals surface area contributed by atoms with Crippen molar-refractivity contribution in [2.75, 3.05) is 6.61 Å². The minimum absolute atomic E-state index is 0.00386. The van der Waals surface area contributed by atoms with E-state index in [4.69, 9.17) is 5.73 Å². The van der Waals surface area contributed by atoms with Crippen molar-refractivity contribution in [3.05, 3.63) is 75.5 Å². The molecule has 0 saturated heterocycles. The molecule has 0 radical (unpaired) electrons. The highest BCUT2D eigenvalue weighted by Gasteiger charge is 2.55. The van der Waals surface area contributed by atoms with Crippen LogP contribution in [0.1, 0.15) is 51.9 Å². The lowest BCUT2D eigenvalue weighted by atomic mass is 9.62. The standard InChI is InChI=1S/C28H29NO7/c1-15-2-4-16(5-3-15)6-7-17-8-9-21(31)25-20(17)13-18-12-19(10-11-30)28(36,22(32)14-23(29)33)27(35)24(18)26(25)34/h2-9,18-19,30-31,35-36H,10-14H2,1H3,(H2,29,33)/b7-6+/t18-,19-,28-/m1/s1. The molecule has 2 aromatic carbocycles. The van der Waals surface area contributed by atoms with Crippen LogP contribution >= 0.6 is 0 Å². The van der Waals surface area contributed by atoms with E-state index in [0.29, 0.717) is 5.56 Å². The van der Waals surface area contributed by atoms with Gasteiger partial charge in [0.1, 0.15) is 11.5 Å². The lowest BCUT2D eigenvalue weighted by molar-refractivity contribution is -0.147. The fourth-order valence-electron chi connectivity index (χ4n) is 5.36. The Bertz CT molecular complexity index is 1290. The molecule has 2 aliphatic carbocycles. The first kappa shape index (κ1) is 25.3. The van der Waals surface area contributed by atoms with Gasteiger partial charge in [0, 0.05) is 18.1 Å². The van der Waals surface area contributed by atoms with Crippen molar-refractivity contribution in [2.24, 2.45) is 17.6 Å². The number of aryl methyl sites for hydroxylation is 1. The van der Waals surface area contributed by atoms with Gasteiger partial charge in [-0.1, -0.05) is 48.0 Å². The molecule has 3 atom stereocenters. The van der Waals surface area contributed by atoms with Gasteiger partial charge >= 0.3 is 0 Å². The molecule has 36 heavy (non-hydrogen) atoms. The lowest BCUT2D eigenvalue weighted by Gasteiger charge is -2.43. The molecule has 0 spiro atoms. The highest BCUT2D eigenvalue weighted by molar-refractivity contribution is 6.15. The molecule has 2 aromatic rings. The Hall–Kier alpha value is -3.75. The van der Waals surface area contributed by atoms with E-state index in [1.165, 1.54) is 6.07 Å². The molecule has 0 saturated carbocycles. The maximum Gasteiger partial charge on any atom is 0.225 e. The normalized spacial score (nSPS) is 23.5. The largest absolute Gasteiger partial charge is 0.508 e. The number of hydrogen-bond donors (Lipinski definition) is 5. The van der Waals surface area contributed by atoms with Crippen LogP contribution in [0.15, 0.2) is 47.7 Å². The number of ketones is 2. The number of rotatable bonds is 7.